The number of halogens is 1. The van der Waals surface area contributed by atoms with Gasteiger partial charge in [-0.3, -0.25) is 0 Å². The van der Waals surface area contributed by atoms with Gasteiger partial charge < -0.3 is 15.4 Å². The predicted octanol–water partition coefficient (Wildman–Crippen LogP) is 4.09. The molecule has 0 bridgehead atoms. The molecule has 2 aromatic carbocycles. The van der Waals surface area contributed by atoms with E-state index in [0.29, 0.717) is 40.3 Å². The largest absolute Gasteiger partial charge is 0.478 e. The van der Waals surface area contributed by atoms with Gasteiger partial charge >= 0.3 is 5.97 Å². The number of para-hydroxylation sites is 1. The molecule has 7 nitrogen and oxygen atoms in total. The van der Waals surface area contributed by atoms with Crippen LogP contribution in [-0.2, 0) is 6.54 Å². The van der Waals surface area contributed by atoms with Crippen LogP contribution >= 0.6 is 0 Å². The van der Waals surface area contributed by atoms with Crippen LogP contribution in [0.25, 0.3) is 22.3 Å². The van der Waals surface area contributed by atoms with Crippen molar-refractivity contribution in [3.63, 3.8) is 0 Å². The van der Waals surface area contributed by atoms with Crippen LogP contribution in [0.5, 0.6) is 0 Å². The van der Waals surface area contributed by atoms with Gasteiger partial charge in [0.2, 0.25) is 0 Å². The van der Waals surface area contributed by atoms with Gasteiger partial charge in [0, 0.05) is 23.2 Å². The molecule has 0 unspecified atom stereocenters. The zero-order valence-corrected chi connectivity index (χ0v) is 15.8. The van der Waals surface area contributed by atoms with E-state index in [1.807, 2.05) is 19.1 Å². The molecule has 0 fully saturated rings. The van der Waals surface area contributed by atoms with Gasteiger partial charge in [0.05, 0.1) is 11.1 Å². The third-order valence-electron chi connectivity index (χ3n) is 4.68. The minimum atomic E-state index is -1.01. The van der Waals surface area contributed by atoms with Crippen molar-refractivity contribution in [1.29, 1.82) is 0 Å². The van der Waals surface area contributed by atoms with E-state index in [1.165, 1.54) is 12.1 Å². The summed E-state index contributed by atoms with van der Waals surface area (Å²) >= 11 is 0. The number of nitrogens with one attached hydrogen (secondary N) is 2. The molecule has 0 aliphatic rings. The maximum Gasteiger partial charge on any atom is 0.337 e. The third kappa shape index (κ3) is 3.52. The van der Waals surface area contributed by atoms with Crippen LogP contribution < -0.4 is 5.32 Å². The third-order valence-corrected chi connectivity index (χ3v) is 4.68. The molecule has 2 heterocycles. The van der Waals surface area contributed by atoms with Gasteiger partial charge in [-0.1, -0.05) is 24.3 Å². The Balaban J connectivity index is 1.73. The fraction of sp³-hybridized carbons (Fsp3) is 0.143. The summed E-state index contributed by atoms with van der Waals surface area (Å²) in [7, 11) is 0. The van der Waals surface area contributed by atoms with Crippen molar-refractivity contribution in [3.8, 4) is 11.4 Å². The number of fused-ring (bicyclic) bond motifs is 1. The van der Waals surface area contributed by atoms with Crippen molar-refractivity contribution >= 4 is 22.7 Å². The summed E-state index contributed by atoms with van der Waals surface area (Å²) in [5.74, 6) is -0.402. The quantitative estimate of drug-likeness (QED) is 0.473. The topological polar surface area (TPSA) is 104 Å². The number of anilines is 1. The number of aromatic amines is 1. The zero-order chi connectivity index (χ0) is 20.5. The van der Waals surface area contributed by atoms with E-state index >= 15 is 0 Å². The van der Waals surface area contributed by atoms with Crippen LogP contribution in [0.2, 0.25) is 0 Å². The Morgan fingerprint density at radius 1 is 1.17 bits per heavy atom. The fourth-order valence-corrected chi connectivity index (χ4v) is 3.30. The number of H-pyrrole nitrogens is 1. The molecule has 8 heteroatoms. The van der Waals surface area contributed by atoms with Crippen LogP contribution in [0.1, 0.15) is 27.3 Å². The highest BCUT2D eigenvalue weighted by Gasteiger charge is 2.19. The Hall–Kier alpha value is -3.81. The highest BCUT2D eigenvalue weighted by atomic mass is 19.1. The molecule has 0 aliphatic heterocycles. The molecule has 4 aromatic rings. The van der Waals surface area contributed by atoms with E-state index in [-0.39, 0.29) is 11.4 Å². The second-order valence-electron chi connectivity index (χ2n) is 6.71. The van der Waals surface area contributed by atoms with Crippen LogP contribution in [-0.4, -0.2) is 31.2 Å². The van der Waals surface area contributed by atoms with E-state index in [2.05, 4.69) is 25.5 Å². The number of benzene rings is 2. The smallest absolute Gasteiger partial charge is 0.337 e. The van der Waals surface area contributed by atoms with Crippen molar-refractivity contribution in [2.24, 2.45) is 0 Å². The summed E-state index contributed by atoms with van der Waals surface area (Å²) < 4.78 is 13.4. The van der Waals surface area contributed by atoms with Crippen molar-refractivity contribution < 1.29 is 14.3 Å². The molecular formula is C21H18FN5O2. The number of aromatic nitrogens is 4. The van der Waals surface area contributed by atoms with Gasteiger partial charge in [-0.25, -0.2) is 14.2 Å². The summed E-state index contributed by atoms with van der Waals surface area (Å²) in [6.45, 7) is 4.00. The SMILES string of the molecule is Cc1nnc(-c2c(C)[nH]c3c(C(=O)O)cccc23)nc1NCc1cccc(F)c1. The lowest BCUT2D eigenvalue weighted by atomic mass is 10.1. The monoisotopic (exact) mass is 391 g/mol. The molecule has 4 rings (SSSR count). The van der Waals surface area contributed by atoms with Crippen molar-refractivity contribution in [1.82, 2.24) is 20.2 Å². The predicted molar refractivity (Wildman–Crippen MR) is 107 cm³/mol. The fourth-order valence-electron chi connectivity index (χ4n) is 3.30. The van der Waals surface area contributed by atoms with Gasteiger partial charge in [0.1, 0.15) is 11.5 Å². The van der Waals surface area contributed by atoms with Gasteiger partial charge in [-0.15, -0.1) is 10.2 Å². The molecular weight excluding hydrogens is 373 g/mol. The van der Waals surface area contributed by atoms with Gasteiger partial charge in [0.25, 0.3) is 0 Å². The lowest BCUT2D eigenvalue weighted by Gasteiger charge is -2.09. The van der Waals surface area contributed by atoms with Gasteiger partial charge in [0.15, 0.2) is 11.6 Å². The van der Waals surface area contributed by atoms with E-state index in [1.54, 1.807) is 25.1 Å². The maximum atomic E-state index is 13.4. The minimum Gasteiger partial charge on any atom is -0.478 e. The molecule has 0 saturated carbocycles. The summed E-state index contributed by atoms with van der Waals surface area (Å²) in [5.41, 5.74) is 3.53. The first kappa shape index (κ1) is 18.5. The van der Waals surface area contributed by atoms with Crippen molar-refractivity contribution in [2.45, 2.75) is 20.4 Å². The average molecular weight is 391 g/mol. The number of aromatic carboxylic acids is 1. The Kier molecular flexibility index (Phi) is 4.67. The van der Waals surface area contributed by atoms with Crippen LogP contribution in [0.15, 0.2) is 42.5 Å². The van der Waals surface area contributed by atoms with Crippen LogP contribution in [0.4, 0.5) is 10.2 Å². The Bertz CT molecular complexity index is 1240. The first-order valence-corrected chi connectivity index (χ1v) is 8.98. The second kappa shape index (κ2) is 7.31. The lowest BCUT2D eigenvalue weighted by Crippen LogP contribution is -2.07. The average Bonchev–Trinajstić information content (AvgIpc) is 3.03. The molecule has 0 radical (unpaired) electrons. The number of carbonyl (C=O) groups is 1. The molecule has 0 spiro atoms. The number of carboxylic acid groups (broad SMARTS) is 1. The Morgan fingerprint density at radius 2 is 1.97 bits per heavy atom. The van der Waals surface area contributed by atoms with E-state index in [0.717, 1.165) is 11.3 Å². The van der Waals surface area contributed by atoms with E-state index < -0.39 is 5.97 Å². The zero-order valence-electron chi connectivity index (χ0n) is 15.8. The molecule has 0 aliphatic carbocycles. The summed E-state index contributed by atoms with van der Waals surface area (Å²) in [4.78, 5) is 19.2. The Morgan fingerprint density at radius 3 is 2.72 bits per heavy atom. The number of hydrogen-bond acceptors (Lipinski definition) is 5. The number of hydrogen-bond donors (Lipinski definition) is 3. The first-order chi connectivity index (χ1) is 13.9. The summed E-state index contributed by atoms with van der Waals surface area (Å²) in [5, 5.41) is 21.7. The summed E-state index contributed by atoms with van der Waals surface area (Å²) in [6.07, 6.45) is 0. The standard InChI is InChI=1S/C21H18FN5O2/c1-11-17(15-7-4-8-16(21(28)29)18(15)24-11)20-25-19(12(2)26-27-20)23-10-13-5-3-6-14(22)9-13/h3-9,24H,10H2,1-2H3,(H,28,29)(H,23,25,27). The minimum absolute atomic E-state index is 0.182. The molecule has 29 heavy (non-hydrogen) atoms. The van der Waals surface area contributed by atoms with E-state index in [4.69, 9.17) is 0 Å². The van der Waals surface area contributed by atoms with E-state index in [9.17, 15) is 14.3 Å². The van der Waals surface area contributed by atoms with Gasteiger partial charge in [-0.2, -0.15) is 0 Å². The van der Waals surface area contributed by atoms with Crippen LogP contribution in [0, 0.1) is 19.7 Å². The normalized spacial score (nSPS) is 11.0. The maximum absolute atomic E-state index is 13.4. The Labute approximate surface area is 165 Å². The lowest BCUT2D eigenvalue weighted by molar-refractivity contribution is 0.0699. The van der Waals surface area contributed by atoms with Crippen molar-refractivity contribution in [2.75, 3.05) is 5.32 Å². The second-order valence-corrected chi connectivity index (χ2v) is 6.71. The highest BCUT2D eigenvalue weighted by Crippen LogP contribution is 2.32. The number of aryl methyl sites for hydroxylation is 2. The number of rotatable bonds is 5. The molecule has 0 atom stereocenters. The molecule has 3 N–H and O–H groups in total. The first-order valence-electron chi connectivity index (χ1n) is 8.98. The van der Waals surface area contributed by atoms with Crippen LogP contribution in [0.3, 0.4) is 0 Å². The van der Waals surface area contributed by atoms with Crippen molar-refractivity contribution in [3.05, 3.63) is 70.8 Å². The van der Waals surface area contributed by atoms with Gasteiger partial charge in [-0.05, 0) is 37.6 Å². The molecule has 0 amide bonds. The molecule has 2 aromatic heterocycles. The molecule has 0 saturated heterocycles. The number of nitrogens with zero attached hydrogens (tertiary/aromatic N) is 3. The number of carboxylic acids is 1. The molecule has 146 valence electrons. The highest BCUT2D eigenvalue weighted by molar-refractivity contribution is 6.07. The summed E-state index contributed by atoms with van der Waals surface area (Å²) in [6, 6.07) is 11.4.